The number of nitrogens with zero attached hydrogens (tertiary/aromatic N) is 1. The molecule has 1 aromatic heterocycles. The highest BCUT2D eigenvalue weighted by atomic mass is 16.4. The minimum atomic E-state index is -0.820. The number of carboxylic acids is 1. The molecule has 0 spiro atoms. The average Bonchev–Trinajstić information content (AvgIpc) is 2.89. The van der Waals surface area contributed by atoms with Gasteiger partial charge in [0.2, 0.25) is 0 Å². The summed E-state index contributed by atoms with van der Waals surface area (Å²) in [5, 5.41) is 10.1. The van der Waals surface area contributed by atoms with Gasteiger partial charge in [-0.1, -0.05) is 12.1 Å². The summed E-state index contributed by atoms with van der Waals surface area (Å²) in [6.45, 7) is 2.92. The number of aromatic nitrogens is 1. The predicted octanol–water partition coefficient (Wildman–Crippen LogP) is 2.41. The van der Waals surface area contributed by atoms with Gasteiger partial charge in [-0.15, -0.1) is 0 Å². The second kappa shape index (κ2) is 5.24. The molecule has 1 aliphatic heterocycles. The van der Waals surface area contributed by atoms with Crippen LogP contribution in [0.3, 0.4) is 0 Å². The van der Waals surface area contributed by atoms with Gasteiger partial charge < -0.3 is 15.0 Å². The first-order valence-corrected chi connectivity index (χ1v) is 7.16. The topological polar surface area (TPSA) is 73.4 Å². The number of rotatable bonds is 2. The molecule has 21 heavy (non-hydrogen) atoms. The molecule has 2 aromatic rings. The van der Waals surface area contributed by atoms with Crippen LogP contribution >= 0.6 is 0 Å². The van der Waals surface area contributed by atoms with Crippen molar-refractivity contribution in [1.82, 2.24) is 9.88 Å². The zero-order chi connectivity index (χ0) is 15.0. The molecule has 0 bridgehead atoms. The predicted molar refractivity (Wildman–Crippen MR) is 79.3 cm³/mol. The third-order valence-electron chi connectivity index (χ3n) is 4.07. The van der Waals surface area contributed by atoms with E-state index in [4.69, 9.17) is 5.11 Å². The van der Waals surface area contributed by atoms with Crippen LogP contribution in [0.15, 0.2) is 24.3 Å². The highest BCUT2D eigenvalue weighted by Gasteiger charge is 2.29. The van der Waals surface area contributed by atoms with E-state index in [2.05, 4.69) is 4.98 Å². The third-order valence-corrected chi connectivity index (χ3v) is 4.07. The van der Waals surface area contributed by atoms with E-state index in [1.807, 2.05) is 31.2 Å². The van der Waals surface area contributed by atoms with Gasteiger partial charge >= 0.3 is 5.97 Å². The molecule has 1 atom stereocenters. The smallest absolute Gasteiger partial charge is 0.308 e. The number of carbonyl (C=O) groups excluding carboxylic acids is 1. The summed E-state index contributed by atoms with van der Waals surface area (Å²) in [6, 6.07) is 7.82. The lowest BCUT2D eigenvalue weighted by molar-refractivity contribution is -0.143. The van der Waals surface area contributed by atoms with Crippen LogP contribution in [0.25, 0.3) is 10.9 Å². The van der Waals surface area contributed by atoms with Gasteiger partial charge in [0.05, 0.1) is 5.92 Å². The molecule has 1 aliphatic rings. The number of hydrogen-bond acceptors (Lipinski definition) is 2. The standard InChI is InChI=1S/C16H18N2O3/c1-10-4-5-11-8-14(17-13(11)7-10)15(19)18-6-2-3-12(9-18)16(20)21/h4-5,7-8,12,17H,2-3,6,9H2,1H3,(H,20,21)/t12-/m1/s1. The molecule has 1 amide bonds. The summed E-state index contributed by atoms with van der Waals surface area (Å²) in [6.07, 6.45) is 1.38. The lowest BCUT2D eigenvalue weighted by Crippen LogP contribution is -2.42. The number of aliphatic carboxylic acids is 1. The van der Waals surface area contributed by atoms with E-state index in [9.17, 15) is 9.59 Å². The maximum atomic E-state index is 12.5. The largest absolute Gasteiger partial charge is 0.481 e. The van der Waals surface area contributed by atoms with Crippen molar-refractivity contribution in [3.05, 3.63) is 35.5 Å². The van der Waals surface area contributed by atoms with Gasteiger partial charge in [-0.25, -0.2) is 0 Å². The molecule has 5 heteroatoms. The van der Waals surface area contributed by atoms with Gasteiger partial charge in [0, 0.05) is 24.0 Å². The van der Waals surface area contributed by atoms with Crippen LogP contribution in [0.1, 0.15) is 28.9 Å². The molecule has 0 radical (unpaired) electrons. The van der Waals surface area contributed by atoms with Crippen molar-refractivity contribution in [2.24, 2.45) is 5.92 Å². The molecular formula is C16H18N2O3. The molecule has 1 aromatic carbocycles. The Morgan fingerprint density at radius 3 is 2.90 bits per heavy atom. The number of carboxylic acid groups (broad SMARTS) is 1. The number of benzene rings is 1. The molecule has 1 saturated heterocycles. The van der Waals surface area contributed by atoms with Crippen LogP contribution in [-0.4, -0.2) is 40.0 Å². The Labute approximate surface area is 122 Å². The summed E-state index contributed by atoms with van der Waals surface area (Å²) >= 11 is 0. The highest BCUT2D eigenvalue weighted by molar-refractivity contribution is 5.98. The zero-order valence-electron chi connectivity index (χ0n) is 11.9. The van der Waals surface area contributed by atoms with Crippen LogP contribution in [-0.2, 0) is 4.79 Å². The fraction of sp³-hybridized carbons (Fsp3) is 0.375. The first-order chi connectivity index (χ1) is 10.0. The van der Waals surface area contributed by atoms with Crippen LogP contribution < -0.4 is 0 Å². The fourth-order valence-electron chi connectivity index (χ4n) is 2.89. The second-order valence-corrected chi connectivity index (χ2v) is 5.70. The lowest BCUT2D eigenvalue weighted by Gasteiger charge is -2.30. The number of aromatic amines is 1. The third kappa shape index (κ3) is 2.63. The minimum Gasteiger partial charge on any atom is -0.481 e. The molecule has 0 aliphatic carbocycles. The van der Waals surface area contributed by atoms with E-state index in [1.165, 1.54) is 0 Å². The summed E-state index contributed by atoms with van der Waals surface area (Å²) in [4.78, 5) is 28.4. The normalized spacial score (nSPS) is 18.9. The van der Waals surface area contributed by atoms with Crippen molar-refractivity contribution in [2.75, 3.05) is 13.1 Å². The molecule has 110 valence electrons. The summed E-state index contributed by atoms with van der Waals surface area (Å²) in [7, 11) is 0. The molecule has 5 nitrogen and oxygen atoms in total. The maximum absolute atomic E-state index is 12.5. The molecule has 0 saturated carbocycles. The average molecular weight is 286 g/mol. The Balaban J connectivity index is 1.84. The number of aryl methyl sites for hydroxylation is 1. The van der Waals surface area contributed by atoms with Crippen molar-refractivity contribution in [1.29, 1.82) is 0 Å². The number of H-pyrrole nitrogens is 1. The van der Waals surface area contributed by atoms with Gasteiger partial charge in [0.25, 0.3) is 5.91 Å². The quantitative estimate of drug-likeness (QED) is 0.890. The van der Waals surface area contributed by atoms with Crippen molar-refractivity contribution in [3.8, 4) is 0 Å². The van der Waals surface area contributed by atoms with Crippen LogP contribution in [0.5, 0.6) is 0 Å². The first-order valence-electron chi connectivity index (χ1n) is 7.16. The summed E-state index contributed by atoms with van der Waals surface area (Å²) in [5.41, 5.74) is 2.60. The molecule has 2 heterocycles. The van der Waals surface area contributed by atoms with Crippen molar-refractivity contribution < 1.29 is 14.7 Å². The Bertz CT molecular complexity index is 705. The van der Waals surface area contributed by atoms with Crippen molar-refractivity contribution in [2.45, 2.75) is 19.8 Å². The number of carbonyl (C=O) groups is 2. The van der Waals surface area contributed by atoms with Crippen LogP contribution in [0.2, 0.25) is 0 Å². The number of nitrogens with one attached hydrogen (secondary N) is 1. The molecule has 0 unspecified atom stereocenters. The SMILES string of the molecule is Cc1ccc2cc(C(=O)N3CCC[C@@H](C(=O)O)C3)[nH]c2c1. The van der Waals surface area contributed by atoms with E-state index in [0.717, 1.165) is 22.9 Å². The van der Waals surface area contributed by atoms with E-state index >= 15 is 0 Å². The Morgan fingerprint density at radius 2 is 2.14 bits per heavy atom. The maximum Gasteiger partial charge on any atom is 0.308 e. The number of hydrogen-bond donors (Lipinski definition) is 2. The first kappa shape index (κ1) is 13.7. The molecule has 3 rings (SSSR count). The zero-order valence-corrected chi connectivity index (χ0v) is 11.9. The summed E-state index contributed by atoms with van der Waals surface area (Å²) < 4.78 is 0. The van der Waals surface area contributed by atoms with Gasteiger partial charge in [0.15, 0.2) is 0 Å². The van der Waals surface area contributed by atoms with Gasteiger partial charge in [-0.05, 0) is 37.5 Å². The Hall–Kier alpha value is -2.30. The monoisotopic (exact) mass is 286 g/mol. The Morgan fingerprint density at radius 1 is 1.33 bits per heavy atom. The number of likely N-dealkylation sites (tertiary alicyclic amines) is 1. The summed E-state index contributed by atoms with van der Waals surface area (Å²) in [5.74, 6) is -1.39. The van der Waals surface area contributed by atoms with Gasteiger partial charge in [-0.2, -0.15) is 0 Å². The van der Waals surface area contributed by atoms with Gasteiger partial charge in [0.1, 0.15) is 5.69 Å². The van der Waals surface area contributed by atoms with E-state index < -0.39 is 11.9 Å². The van der Waals surface area contributed by atoms with Crippen molar-refractivity contribution in [3.63, 3.8) is 0 Å². The minimum absolute atomic E-state index is 0.116. The second-order valence-electron chi connectivity index (χ2n) is 5.70. The van der Waals surface area contributed by atoms with Crippen LogP contribution in [0, 0.1) is 12.8 Å². The van der Waals surface area contributed by atoms with Gasteiger partial charge in [-0.3, -0.25) is 9.59 Å². The van der Waals surface area contributed by atoms with E-state index in [0.29, 0.717) is 25.2 Å². The molecular weight excluding hydrogens is 268 g/mol. The van der Waals surface area contributed by atoms with Crippen molar-refractivity contribution >= 4 is 22.8 Å². The molecule has 2 N–H and O–H groups in total. The number of piperidine rings is 1. The highest BCUT2D eigenvalue weighted by Crippen LogP contribution is 2.21. The molecule has 1 fully saturated rings. The lowest BCUT2D eigenvalue weighted by atomic mass is 9.98. The van der Waals surface area contributed by atoms with E-state index in [-0.39, 0.29) is 5.91 Å². The number of fused-ring (bicyclic) bond motifs is 1. The fourth-order valence-corrected chi connectivity index (χ4v) is 2.89. The number of amides is 1. The van der Waals surface area contributed by atoms with Crippen LogP contribution in [0.4, 0.5) is 0 Å². The van der Waals surface area contributed by atoms with E-state index in [1.54, 1.807) is 4.90 Å². The Kier molecular flexibility index (Phi) is 3.41.